The van der Waals surface area contributed by atoms with Crippen LogP contribution in [-0.2, 0) is 17.3 Å². The van der Waals surface area contributed by atoms with Gasteiger partial charge in [-0.25, -0.2) is 4.39 Å². The molecule has 2 aliphatic rings. The van der Waals surface area contributed by atoms with Gasteiger partial charge in [-0.15, -0.1) is 0 Å². The number of benzene rings is 12. The Labute approximate surface area is 540 Å². The van der Waals surface area contributed by atoms with Gasteiger partial charge in [0.1, 0.15) is 17.3 Å². The largest absolute Gasteiger partial charge is 0.457 e. The molecule has 0 saturated carbocycles. The summed E-state index contributed by atoms with van der Waals surface area (Å²) in [6.07, 6.45) is 12.8. The molecule has 0 spiro atoms. The fourth-order valence-electron chi connectivity index (χ4n) is 15.0. The summed E-state index contributed by atoms with van der Waals surface area (Å²) >= 11 is 0. The summed E-state index contributed by atoms with van der Waals surface area (Å²) in [5.74, 6) is 1.42. The molecule has 0 radical (unpaired) electrons. The molecular weight excluding hydrogens is 1120 g/mol. The summed E-state index contributed by atoms with van der Waals surface area (Å²) in [6.45, 7) is 12.6. The van der Waals surface area contributed by atoms with Crippen LogP contribution >= 0.6 is 0 Å². The molecule has 1 atom stereocenters. The van der Waals surface area contributed by atoms with E-state index in [1.807, 2.05) is 48.6 Å². The molecule has 0 fully saturated rings. The molecule has 1 unspecified atom stereocenters. The van der Waals surface area contributed by atoms with Gasteiger partial charge in [0, 0.05) is 44.4 Å². The number of aromatic nitrogens is 1. The fourth-order valence-corrected chi connectivity index (χ4v) is 15.0. The van der Waals surface area contributed by atoms with E-state index in [2.05, 4.69) is 261 Å². The lowest BCUT2D eigenvalue weighted by Gasteiger charge is -2.34. The number of hydrogen-bond donors (Lipinski definition) is 0. The summed E-state index contributed by atoms with van der Waals surface area (Å²) in [6, 6.07) is 98.1. The van der Waals surface area contributed by atoms with Crippen LogP contribution in [0.25, 0.3) is 84.2 Å². The van der Waals surface area contributed by atoms with Gasteiger partial charge < -0.3 is 14.2 Å². The molecule has 0 saturated heterocycles. The Kier molecular flexibility index (Phi) is 15.3. The first-order chi connectivity index (χ1) is 45.1. The summed E-state index contributed by atoms with van der Waals surface area (Å²) in [4.78, 5) is 2.30. The molecule has 448 valence electrons. The van der Waals surface area contributed by atoms with Crippen molar-refractivity contribution in [2.75, 3.05) is 4.90 Å². The highest BCUT2D eigenvalue weighted by Crippen LogP contribution is 2.57. The van der Waals surface area contributed by atoms with E-state index in [0.717, 1.165) is 76.6 Å². The van der Waals surface area contributed by atoms with Gasteiger partial charge in [0.2, 0.25) is 0 Å². The quantitative estimate of drug-likeness (QED) is 0.0708. The third-order valence-electron chi connectivity index (χ3n) is 19.8. The van der Waals surface area contributed by atoms with Crippen LogP contribution in [0.4, 0.5) is 21.5 Å². The molecule has 0 aliphatic heterocycles. The van der Waals surface area contributed by atoms with E-state index >= 15 is 0 Å². The lowest BCUT2D eigenvalue weighted by Crippen LogP contribution is -2.27. The van der Waals surface area contributed by atoms with Gasteiger partial charge in [0.05, 0.1) is 11.0 Å². The van der Waals surface area contributed by atoms with Crippen molar-refractivity contribution in [2.45, 2.75) is 76.0 Å². The van der Waals surface area contributed by atoms with Crippen molar-refractivity contribution in [1.29, 1.82) is 0 Å². The molecule has 2 aliphatic carbocycles. The Morgan fingerprint density at radius 1 is 0.413 bits per heavy atom. The van der Waals surface area contributed by atoms with E-state index in [1.165, 1.54) is 120 Å². The Hall–Kier alpha value is -10.6. The first-order valence-electron chi connectivity index (χ1n) is 32.7. The third kappa shape index (κ3) is 10.5. The average molecular weight is 1190 g/mol. The molecular formula is C88H73FN2O. The Morgan fingerprint density at radius 3 is 1.62 bits per heavy atom. The predicted molar refractivity (Wildman–Crippen MR) is 385 cm³/mol. The van der Waals surface area contributed by atoms with Crippen molar-refractivity contribution >= 4 is 51.0 Å². The number of nitrogens with zero attached hydrogens (tertiary/aromatic N) is 2. The minimum absolute atomic E-state index is 0.234. The van der Waals surface area contributed by atoms with Crippen molar-refractivity contribution in [3.05, 3.63) is 336 Å². The first-order valence-corrected chi connectivity index (χ1v) is 32.7. The molecule has 4 heteroatoms. The average Bonchev–Trinajstić information content (AvgIpc) is 1.56. The van der Waals surface area contributed by atoms with Gasteiger partial charge in [-0.2, -0.15) is 0 Å². The number of fused-ring (bicyclic) bond motifs is 9. The van der Waals surface area contributed by atoms with Crippen LogP contribution in [0.1, 0.15) is 103 Å². The number of rotatable bonds is 20. The van der Waals surface area contributed by atoms with E-state index < -0.39 is 0 Å². The molecule has 92 heavy (non-hydrogen) atoms. The van der Waals surface area contributed by atoms with E-state index in [4.69, 9.17) is 4.74 Å². The maximum absolute atomic E-state index is 14.9. The normalized spacial score (nSPS) is 14.2. The minimum atomic E-state index is -0.355. The van der Waals surface area contributed by atoms with Crippen LogP contribution in [0, 0.1) is 5.82 Å². The van der Waals surface area contributed by atoms with Crippen LogP contribution in [0.15, 0.2) is 286 Å². The van der Waals surface area contributed by atoms with Crippen molar-refractivity contribution in [2.24, 2.45) is 0 Å². The molecule has 0 N–H and O–H groups in total. The fraction of sp³-hybridized carbons (Fsp3) is 0.136. The molecule has 1 heterocycles. The van der Waals surface area contributed by atoms with E-state index in [1.54, 1.807) is 12.1 Å². The first kappa shape index (κ1) is 57.9. The number of anilines is 3. The monoisotopic (exact) mass is 1190 g/mol. The third-order valence-corrected chi connectivity index (χ3v) is 19.8. The summed E-state index contributed by atoms with van der Waals surface area (Å²) in [5.41, 5.74) is 25.9. The van der Waals surface area contributed by atoms with E-state index in [-0.39, 0.29) is 16.6 Å². The zero-order valence-corrected chi connectivity index (χ0v) is 52.4. The minimum Gasteiger partial charge on any atom is -0.457 e. The second-order valence-electron chi connectivity index (χ2n) is 25.6. The Bertz CT molecular complexity index is 4880. The second kappa shape index (κ2) is 24.3. The zero-order valence-electron chi connectivity index (χ0n) is 52.4. The molecule has 0 amide bonds. The molecule has 3 nitrogen and oxygen atoms in total. The number of halogens is 1. The van der Waals surface area contributed by atoms with Crippen molar-refractivity contribution in [3.63, 3.8) is 0 Å². The number of hydrogen-bond acceptors (Lipinski definition) is 2. The number of aryl methyl sites for hydroxylation is 1. The van der Waals surface area contributed by atoms with Gasteiger partial charge in [-0.05, 0) is 224 Å². The number of ether oxygens (including phenoxy) is 1. The van der Waals surface area contributed by atoms with Crippen LogP contribution < -0.4 is 9.64 Å². The maximum Gasteiger partial charge on any atom is 0.127 e. The van der Waals surface area contributed by atoms with E-state index in [9.17, 15) is 4.39 Å². The molecule has 0 bridgehead atoms. The second-order valence-corrected chi connectivity index (χ2v) is 25.6. The zero-order chi connectivity index (χ0) is 62.3. The van der Waals surface area contributed by atoms with Crippen LogP contribution in [0.2, 0.25) is 0 Å². The molecule has 1 aromatic heterocycles. The van der Waals surface area contributed by atoms with Crippen LogP contribution in [-0.4, -0.2) is 4.57 Å². The van der Waals surface area contributed by atoms with Crippen molar-refractivity contribution < 1.29 is 9.13 Å². The molecule has 12 aromatic carbocycles. The smallest absolute Gasteiger partial charge is 0.127 e. The summed E-state index contributed by atoms with van der Waals surface area (Å²) < 4.78 is 23.3. The van der Waals surface area contributed by atoms with E-state index in [0.29, 0.717) is 0 Å². The molecule has 13 aromatic rings. The maximum atomic E-state index is 14.9. The number of para-hydroxylation sites is 1. The molecule has 15 rings (SSSR count). The highest BCUT2D eigenvalue weighted by atomic mass is 19.1. The van der Waals surface area contributed by atoms with Gasteiger partial charge in [-0.3, -0.25) is 0 Å². The van der Waals surface area contributed by atoms with Gasteiger partial charge >= 0.3 is 0 Å². The Morgan fingerprint density at radius 2 is 0.924 bits per heavy atom. The SMILES string of the molecule is C=Cc1ccc(Oc2ccc(CCCCCCCCC3(c4ccccc4)c4ccccc4-c4ccc(N(c5ccc(F)cc5)c5ccc(-c6ccc7c(c6)C(C)(C)c6cc(-c8ccc9c(c8)c8ccccc8n9-c8ccc(C=C)cc8)ccc6-7)cc5)cc43)cc2)cc1. The summed E-state index contributed by atoms with van der Waals surface area (Å²) in [7, 11) is 0. The van der Waals surface area contributed by atoms with Gasteiger partial charge in [0.25, 0.3) is 0 Å². The van der Waals surface area contributed by atoms with Gasteiger partial charge in [-0.1, -0.05) is 229 Å². The predicted octanol–water partition coefficient (Wildman–Crippen LogP) is 24.4. The van der Waals surface area contributed by atoms with Crippen LogP contribution in [0.5, 0.6) is 11.5 Å². The van der Waals surface area contributed by atoms with Crippen LogP contribution in [0.3, 0.4) is 0 Å². The number of unbranched alkanes of at least 4 members (excludes halogenated alkanes) is 5. The van der Waals surface area contributed by atoms with Crippen molar-refractivity contribution in [3.8, 4) is 61.7 Å². The highest BCUT2D eigenvalue weighted by molar-refractivity contribution is 6.10. The standard InChI is InChI=1S/C88H73FN2O/c1-5-60-27-40-71(41-28-60)91-85-26-18-16-24-79(85)80-56-64(37-54-86(80)91)66-36-52-77-76-51-35-65(57-82(76)87(3,4)83(77)58-66)63-33-42-69(43-34-63)90(70-44-38-68(89)39-45-70)72-46-53-78-75-23-15-17-25-81(75)88(84(78)59-72,67-21-13-11-14-22-67)55-19-10-8-7-9-12-20-62-31-49-74(50-32-62)92-73-47-29-61(6-2)30-48-73/h5-6,11,13-18,21-54,56-59H,1-2,7-10,12,19-20,55H2,3-4H3. The lowest BCUT2D eigenvalue weighted by atomic mass is 9.69. The summed E-state index contributed by atoms with van der Waals surface area (Å²) in [5, 5.41) is 2.48. The highest BCUT2D eigenvalue weighted by Gasteiger charge is 2.44. The Balaban J connectivity index is 0.677. The van der Waals surface area contributed by atoms with Crippen molar-refractivity contribution in [1.82, 2.24) is 4.57 Å². The van der Waals surface area contributed by atoms with Gasteiger partial charge in [0.15, 0.2) is 0 Å². The lowest BCUT2D eigenvalue weighted by molar-refractivity contribution is 0.482. The topological polar surface area (TPSA) is 17.4 Å².